The molecule has 86 valence electrons. The van der Waals surface area contributed by atoms with Crippen LogP contribution in [0.1, 0.15) is 10.4 Å². The average molecular weight is 293 g/mol. The van der Waals surface area contributed by atoms with Crippen LogP contribution in [0.2, 0.25) is 0 Å². The van der Waals surface area contributed by atoms with Crippen molar-refractivity contribution in [1.82, 2.24) is 4.98 Å². The number of anilines is 1. The number of hydrogen-bond acceptors (Lipinski definition) is 3. The number of aromatic hydroxyl groups is 1. The molecular weight excluding hydrogens is 284 g/mol. The van der Waals surface area contributed by atoms with Crippen molar-refractivity contribution in [3.63, 3.8) is 0 Å². The highest BCUT2D eigenvalue weighted by Crippen LogP contribution is 2.19. The highest BCUT2D eigenvalue weighted by Gasteiger charge is 2.08. The normalized spacial score (nSPS) is 9.94. The van der Waals surface area contributed by atoms with Crippen LogP contribution in [-0.4, -0.2) is 16.0 Å². The fraction of sp³-hybridized carbons (Fsp3) is 0. The van der Waals surface area contributed by atoms with Crippen LogP contribution in [0.4, 0.5) is 5.69 Å². The summed E-state index contributed by atoms with van der Waals surface area (Å²) in [6, 6.07) is 9.51. The van der Waals surface area contributed by atoms with E-state index in [9.17, 15) is 4.79 Å². The number of nitrogens with one attached hydrogen (secondary N) is 1. The summed E-state index contributed by atoms with van der Waals surface area (Å²) in [4.78, 5) is 15.8. The van der Waals surface area contributed by atoms with Gasteiger partial charge >= 0.3 is 0 Å². The van der Waals surface area contributed by atoms with Crippen molar-refractivity contribution in [1.29, 1.82) is 0 Å². The zero-order valence-electron chi connectivity index (χ0n) is 8.72. The molecule has 2 aromatic rings. The first-order valence-corrected chi connectivity index (χ1v) is 5.67. The standard InChI is InChI=1S/C12H9BrN2O2/c13-11-10(2-1-7-14-11)15-12(17)8-3-5-9(16)6-4-8/h1-7,16H,(H,15,17). The van der Waals surface area contributed by atoms with E-state index < -0.39 is 0 Å². The average Bonchev–Trinajstić information content (AvgIpc) is 2.33. The highest BCUT2D eigenvalue weighted by molar-refractivity contribution is 9.10. The molecule has 17 heavy (non-hydrogen) atoms. The van der Waals surface area contributed by atoms with Gasteiger partial charge in [-0.2, -0.15) is 0 Å². The minimum atomic E-state index is -0.251. The highest BCUT2D eigenvalue weighted by atomic mass is 79.9. The Hall–Kier alpha value is -1.88. The van der Waals surface area contributed by atoms with Gasteiger partial charge in [0.1, 0.15) is 10.4 Å². The lowest BCUT2D eigenvalue weighted by Gasteiger charge is -2.06. The molecular formula is C12H9BrN2O2. The third-order valence-corrected chi connectivity index (χ3v) is 2.77. The monoisotopic (exact) mass is 292 g/mol. The van der Waals surface area contributed by atoms with E-state index in [0.29, 0.717) is 15.9 Å². The number of pyridine rings is 1. The van der Waals surface area contributed by atoms with Crippen molar-refractivity contribution in [2.45, 2.75) is 0 Å². The van der Waals surface area contributed by atoms with Crippen LogP contribution < -0.4 is 5.32 Å². The van der Waals surface area contributed by atoms with E-state index in [1.54, 1.807) is 30.5 Å². The maximum Gasteiger partial charge on any atom is 0.255 e. The molecule has 0 spiro atoms. The summed E-state index contributed by atoms with van der Waals surface area (Å²) >= 11 is 3.24. The number of aromatic nitrogens is 1. The lowest BCUT2D eigenvalue weighted by Crippen LogP contribution is -2.12. The van der Waals surface area contributed by atoms with Crippen molar-refractivity contribution in [2.75, 3.05) is 5.32 Å². The fourth-order valence-electron chi connectivity index (χ4n) is 1.29. The predicted molar refractivity (Wildman–Crippen MR) is 68.0 cm³/mol. The smallest absolute Gasteiger partial charge is 0.255 e. The SMILES string of the molecule is O=C(Nc1cccnc1Br)c1ccc(O)cc1. The molecule has 1 amide bonds. The van der Waals surface area contributed by atoms with Gasteiger partial charge in [0.15, 0.2) is 0 Å². The number of phenolic OH excluding ortho intramolecular Hbond substituents is 1. The molecule has 4 nitrogen and oxygen atoms in total. The van der Waals surface area contributed by atoms with Gasteiger partial charge in [-0.1, -0.05) is 0 Å². The molecule has 0 aliphatic heterocycles. The Balaban J connectivity index is 2.17. The van der Waals surface area contributed by atoms with Crippen molar-refractivity contribution >= 4 is 27.5 Å². The van der Waals surface area contributed by atoms with Gasteiger partial charge in [0.2, 0.25) is 0 Å². The molecule has 1 heterocycles. The second-order valence-corrected chi connectivity index (χ2v) is 4.09. The Bertz CT molecular complexity index is 540. The summed E-state index contributed by atoms with van der Waals surface area (Å²) < 4.78 is 0.576. The second kappa shape index (κ2) is 4.97. The molecule has 0 saturated carbocycles. The van der Waals surface area contributed by atoms with E-state index >= 15 is 0 Å². The molecule has 0 fully saturated rings. The van der Waals surface area contributed by atoms with Gasteiger partial charge in [-0.05, 0) is 52.3 Å². The van der Waals surface area contributed by atoms with Gasteiger partial charge in [0.25, 0.3) is 5.91 Å². The van der Waals surface area contributed by atoms with Crippen LogP contribution >= 0.6 is 15.9 Å². The lowest BCUT2D eigenvalue weighted by atomic mass is 10.2. The summed E-state index contributed by atoms with van der Waals surface area (Å²) in [7, 11) is 0. The molecule has 2 N–H and O–H groups in total. The molecule has 0 atom stereocenters. The third-order valence-electron chi connectivity index (χ3n) is 2.14. The minimum absolute atomic E-state index is 0.129. The predicted octanol–water partition coefficient (Wildman–Crippen LogP) is 2.80. The van der Waals surface area contributed by atoms with Crippen LogP contribution in [0.5, 0.6) is 5.75 Å². The summed E-state index contributed by atoms with van der Waals surface area (Å²) in [5.74, 6) is -0.122. The first kappa shape index (κ1) is 11.6. The van der Waals surface area contributed by atoms with Gasteiger partial charge in [-0.3, -0.25) is 4.79 Å². The Morgan fingerprint density at radius 2 is 1.94 bits per heavy atom. The molecule has 0 saturated heterocycles. The van der Waals surface area contributed by atoms with E-state index in [1.165, 1.54) is 12.1 Å². The molecule has 1 aromatic carbocycles. The van der Waals surface area contributed by atoms with Gasteiger partial charge in [-0.15, -0.1) is 0 Å². The number of benzene rings is 1. The number of nitrogens with zero attached hydrogens (tertiary/aromatic N) is 1. The van der Waals surface area contributed by atoms with E-state index in [0.717, 1.165) is 0 Å². The van der Waals surface area contributed by atoms with Crippen molar-refractivity contribution in [2.24, 2.45) is 0 Å². The first-order chi connectivity index (χ1) is 8.16. The molecule has 0 unspecified atom stereocenters. The van der Waals surface area contributed by atoms with Gasteiger partial charge in [0.05, 0.1) is 5.69 Å². The zero-order valence-corrected chi connectivity index (χ0v) is 10.3. The molecule has 0 aliphatic rings. The van der Waals surface area contributed by atoms with Crippen molar-refractivity contribution in [3.05, 3.63) is 52.8 Å². The van der Waals surface area contributed by atoms with Gasteiger partial charge < -0.3 is 10.4 Å². The van der Waals surface area contributed by atoms with Crippen LogP contribution in [-0.2, 0) is 0 Å². The Morgan fingerprint density at radius 3 is 2.59 bits per heavy atom. The van der Waals surface area contributed by atoms with Crippen molar-refractivity contribution < 1.29 is 9.90 Å². The number of hydrogen-bond donors (Lipinski definition) is 2. The molecule has 2 rings (SSSR count). The first-order valence-electron chi connectivity index (χ1n) is 4.88. The lowest BCUT2D eigenvalue weighted by molar-refractivity contribution is 0.102. The third kappa shape index (κ3) is 2.82. The maximum atomic E-state index is 11.8. The maximum absolute atomic E-state index is 11.8. The molecule has 5 heteroatoms. The van der Waals surface area contributed by atoms with Crippen molar-refractivity contribution in [3.8, 4) is 5.75 Å². The van der Waals surface area contributed by atoms with Crippen LogP contribution in [0, 0.1) is 0 Å². The summed E-state index contributed by atoms with van der Waals surface area (Å²) in [6.45, 7) is 0. The Labute approximate surface area is 106 Å². The van der Waals surface area contributed by atoms with Crippen LogP contribution in [0.15, 0.2) is 47.2 Å². The van der Waals surface area contributed by atoms with E-state index in [2.05, 4.69) is 26.2 Å². The summed E-state index contributed by atoms with van der Waals surface area (Å²) in [6.07, 6.45) is 1.63. The largest absolute Gasteiger partial charge is 0.508 e. The minimum Gasteiger partial charge on any atom is -0.508 e. The number of amides is 1. The number of carbonyl (C=O) groups excluding carboxylic acids is 1. The quantitative estimate of drug-likeness (QED) is 0.837. The van der Waals surface area contributed by atoms with Gasteiger partial charge in [0, 0.05) is 11.8 Å². The number of rotatable bonds is 2. The Kier molecular flexibility index (Phi) is 3.39. The molecule has 0 radical (unpaired) electrons. The topological polar surface area (TPSA) is 62.2 Å². The van der Waals surface area contributed by atoms with E-state index in [4.69, 9.17) is 5.11 Å². The van der Waals surface area contributed by atoms with Gasteiger partial charge in [-0.25, -0.2) is 4.98 Å². The zero-order chi connectivity index (χ0) is 12.3. The number of halogens is 1. The van der Waals surface area contributed by atoms with Crippen LogP contribution in [0.3, 0.4) is 0 Å². The molecule has 1 aromatic heterocycles. The van der Waals surface area contributed by atoms with Crippen LogP contribution in [0.25, 0.3) is 0 Å². The summed E-state index contributed by atoms with van der Waals surface area (Å²) in [5.41, 5.74) is 1.07. The second-order valence-electron chi connectivity index (χ2n) is 3.34. The van der Waals surface area contributed by atoms with E-state index in [-0.39, 0.29) is 11.7 Å². The van der Waals surface area contributed by atoms with E-state index in [1.807, 2.05) is 0 Å². The number of carbonyl (C=O) groups is 1. The number of phenols is 1. The molecule has 0 bridgehead atoms. The molecule has 0 aliphatic carbocycles. The Morgan fingerprint density at radius 1 is 1.24 bits per heavy atom. The summed E-state index contributed by atoms with van der Waals surface area (Å²) in [5, 5.41) is 11.8. The fourth-order valence-corrected chi connectivity index (χ4v) is 1.64.